The molecule has 0 spiro atoms. The van der Waals surface area contributed by atoms with Crippen molar-refractivity contribution >= 4 is 35.0 Å². The van der Waals surface area contributed by atoms with E-state index in [0.717, 1.165) is 16.7 Å². The van der Waals surface area contributed by atoms with E-state index in [9.17, 15) is 18.8 Å². The molecule has 0 aliphatic carbocycles. The van der Waals surface area contributed by atoms with Crippen molar-refractivity contribution in [2.75, 3.05) is 13.7 Å². The number of hydrogen-bond acceptors (Lipinski definition) is 7. The lowest BCUT2D eigenvalue weighted by molar-refractivity contribution is -0.150. The molecule has 1 heterocycles. The highest BCUT2D eigenvalue weighted by Gasteiger charge is 2.36. The molecule has 9 heteroatoms. The molecule has 0 aromatic heterocycles. The number of methoxy groups -OCH3 is 1. The van der Waals surface area contributed by atoms with E-state index in [1.807, 2.05) is 6.92 Å². The highest BCUT2D eigenvalue weighted by Crippen LogP contribution is 2.34. The van der Waals surface area contributed by atoms with Gasteiger partial charge in [-0.25, -0.2) is 4.39 Å². The molecule has 33 heavy (non-hydrogen) atoms. The normalized spacial score (nSPS) is 15.6. The van der Waals surface area contributed by atoms with Crippen molar-refractivity contribution in [3.05, 3.63) is 64.3 Å². The minimum absolute atomic E-state index is 0.0218. The second kappa shape index (κ2) is 11.0. The summed E-state index contributed by atoms with van der Waals surface area (Å²) in [6.07, 6.45) is 1.88. The van der Waals surface area contributed by atoms with E-state index in [2.05, 4.69) is 0 Å². The van der Waals surface area contributed by atoms with Crippen molar-refractivity contribution in [3.63, 3.8) is 0 Å². The first-order valence-electron chi connectivity index (χ1n) is 10.3. The molecule has 1 atom stereocenters. The van der Waals surface area contributed by atoms with Gasteiger partial charge in [-0.3, -0.25) is 19.3 Å². The van der Waals surface area contributed by atoms with Gasteiger partial charge in [-0.1, -0.05) is 31.2 Å². The lowest BCUT2D eigenvalue weighted by Crippen LogP contribution is -2.35. The van der Waals surface area contributed by atoms with Crippen LogP contribution in [0.1, 0.15) is 31.4 Å². The molecule has 1 saturated heterocycles. The van der Waals surface area contributed by atoms with Gasteiger partial charge in [-0.15, -0.1) is 0 Å². The first-order valence-corrected chi connectivity index (χ1v) is 11.1. The zero-order chi connectivity index (χ0) is 24.0. The predicted octanol–water partition coefficient (Wildman–Crippen LogP) is 4.79. The topological polar surface area (TPSA) is 82.1 Å². The van der Waals surface area contributed by atoms with Gasteiger partial charge in [0.2, 0.25) is 0 Å². The van der Waals surface area contributed by atoms with Crippen molar-refractivity contribution in [2.24, 2.45) is 0 Å². The van der Waals surface area contributed by atoms with Crippen LogP contribution in [0.15, 0.2) is 47.4 Å². The largest absolute Gasteiger partial charge is 0.493 e. The summed E-state index contributed by atoms with van der Waals surface area (Å²) >= 11 is 0.747. The van der Waals surface area contributed by atoms with Gasteiger partial charge >= 0.3 is 5.97 Å². The van der Waals surface area contributed by atoms with Gasteiger partial charge in [-0.05, 0) is 54.9 Å². The average molecular weight is 474 g/mol. The Labute approximate surface area is 195 Å². The molecule has 0 saturated carbocycles. The van der Waals surface area contributed by atoms with Crippen LogP contribution in [0.4, 0.5) is 9.18 Å². The monoisotopic (exact) mass is 473 g/mol. The van der Waals surface area contributed by atoms with E-state index in [1.54, 1.807) is 43.3 Å². The average Bonchev–Trinajstić information content (AvgIpc) is 3.06. The summed E-state index contributed by atoms with van der Waals surface area (Å²) in [5.74, 6) is -0.775. The summed E-state index contributed by atoms with van der Waals surface area (Å²) in [7, 11) is 1.46. The number of amides is 2. The third kappa shape index (κ3) is 6.13. The quantitative estimate of drug-likeness (QED) is 0.382. The molecule has 1 aliphatic rings. The van der Waals surface area contributed by atoms with Crippen molar-refractivity contribution in [1.29, 1.82) is 0 Å². The van der Waals surface area contributed by atoms with E-state index >= 15 is 0 Å². The predicted molar refractivity (Wildman–Crippen MR) is 122 cm³/mol. The highest BCUT2D eigenvalue weighted by atomic mass is 32.2. The second-order valence-electron chi connectivity index (χ2n) is 7.27. The summed E-state index contributed by atoms with van der Waals surface area (Å²) < 4.78 is 30.0. The number of thioether (sulfide) groups is 1. The van der Waals surface area contributed by atoms with Crippen LogP contribution < -0.4 is 9.47 Å². The summed E-state index contributed by atoms with van der Waals surface area (Å²) in [4.78, 5) is 37.9. The lowest BCUT2D eigenvalue weighted by atomic mass is 10.1. The number of esters is 1. The summed E-state index contributed by atoms with van der Waals surface area (Å²) in [6.45, 7) is 3.20. The Morgan fingerprint density at radius 3 is 2.64 bits per heavy atom. The number of imide groups is 1. The van der Waals surface area contributed by atoms with E-state index in [4.69, 9.17) is 14.2 Å². The Balaban J connectivity index is 1.71. The molecule has 0 bridgehead atoms. The van der Waals surface area contributed by atoms with Gasteiger partial charge in [0.15, 0.2) is 11.5 Å². The van der Waals surface area contributed by atoms with E-state index < -0.39 is 23.7 Å². The molecule has 2 aromatic rings. The standard InChI is InChI=1S/C24H24FNO6S/c1-4-15(2)32-22(27)13-26-23(28)21(33-24(26)29)12-16-9-10-19(20(11-16)30-3)31-14-17-7-5-6-8-18(17)25/h5-12,15H,4,13-14H2,1-3H3/b21-12+/t15-/m1/s1. The zero-order valence-electron chi connectivity index (χ0n) is 18.5. The minimum atomic E-state index is -0.633. The Bertz CT molecular complexity index is 1090. The van der Waals surface area contributed by atoms with Gasteiger partial charge in [0, 0.05) is 5.56 Å². The maximum absolute atomic E-state index is 13.8. The lowest BCUT2D eigenvalue weighted by Gasteiger charge is -2.14. The molecule has 0 radical (unpaired) electrons. The van der Waals surface area contributed by atoms with Crippen LogP contribution >= 0.6 is 11.8 Å². The summed E-state index contributed by atoms with van der Waals surface area (Å²) in [5, 5.41) is -0.538. The van der Waals surface area contributed by atoms with Gasteiger partial charge in [0.25, 0.3) is 11.1 Å². The molecule has 0 N–H and O–H groups in total. The van der Waals surface area contributed by atoms with Gasteiger partial charge in [0.05, 0.1) is 18.1 Å². The van der Waals surface area contributed by atoms with Crippen LogP contribution in [0.3, 0.4) is 0 Å². The first kappa shape index (κ1) is 24.3. The van der Waals surface area contributed by atoms with Gasteiger partial charge < -0.3 is 14.2 Å². The number of benzene rings is 2. The highest BCUT2D eigenvalue weighted by molar-refractivity contribution is 8.18. The molecule has 1 aliphatic heterocycles. The van der Waals surface area contributed by atoms with Crippen molar-refractivity contribution in [2.45, 2.75) is 33.0 Å². The SMILES string of the molecule is CC[C@@H](C)OC(=O)CN1C(=O)S/C(=C/c2ccc(OCc3ccccc3F)c(OC)c2)C1=O. The summed E-state index contributed by atoms with van der Waals surface area (Å²) in [5.41, 5.74) is 1.00. The van der Waals surface area contributed by atoms with Crippen LogP contribution in [-0.2, 0) is 20.9 Å². The number of nitrogens with zero attached hydrogens (tertiary/aromatic N) is 1. The second-order valence-corrected chi connectivity index (χ2v) is 8.26. The number of hydrogen-bond donors (Lipinski definition) is 0. The number of halogens is 1. The number of carbonyl (C=O) groups is 3. The first-order chi connectivity index (χ1) is 15.8. The van der Waals surface area contributed by atoms with E-state index in [1.165, 1.54) is 19.3 Å². The maximum Gasteiger partial charge on any atom is 0.326 e. The Morgan fingerprint density at radius 2 is 1.94 bits per heavy atom. The number of rotatable bonds is 9. The Kier molecular flexibility index (Phi) is 8.11. The Morgan fingerprint density at radius 1 is 1.18 bits per heavy atom. The van der Waals surface area contributed by atoms with E-state index in [0.29, 0.717) is 29.0 Å². The maximum atomic E-state index is 13.8. The molecular weight excluding hydrogens is 449 g/mol. The van der Waals surface area contributed by atoms with Gasteiger partial charge in [0.1, 0.15) is 19.0 Å². The van der Waals surface area contributed by atoms with Crippen LogP contribution in [-0.4, -0.2) is 41.8 Å². The fourth-order valence-electron chi connectivity index (χ4n) is 2.93. The smallest absolute Gasteiger partial charge is 0.326 e. The zero-order valence-corrected chi connectivity index (χ0v) is 19.3. The van der Waals surface area contributed by atoms with Crippen molar-refractivity contribution in [3.8, 4) is 11.5 Å². The number of ether oxygens (including phenoxy) is 3. The van der Waals surface area contributed by atoms with Crippen LogP contribution in [0.5, 0.6) is 11.5 Å². The molecule has 7 nitrogen and oxygen atoms in total. The molecule has 2 aromatic carbocycles. The van der Waals surface area contributed by atoms with Gasteiger partial charge in [-0.2, -0.15) is 0 Å². The molecule has 3 rings (SSSR count). The molecule has 0 unspecified atom stereocenters. The summed E-state index contributed by atoms with van der Waals surface area (Å²) in [6, 6.07) is 11.3. The fourth-order valence-corrected chi connectivity index (χ4v) is 3.76. The molecular formula is C24H24FNO6S. The molecule has 1 fully saturated rings. The van der Waals surface area contributed by atoms with Crippen molar-refractivity contribution < 1.29 is 33.0 Å². The van der Waals surface area contributed by atoms with E-state index in [-0.39, 0.29) is 23.4 Å². The number of carbonyl (C=O) groups excluding carboxylic acids is 3. The third-order valence-corrected chi connectivity index (χ3v) is 5.80. The van der Waals surface area contributed by atoms with Crippen molar-refractivity contribution in [1.82, 2.24) is 4.90 Å². The van der Waals surface area contributed by atoms with Crippen LogP contribution in [0, 0.1) is 5.82 Å². The van der Waals surface area contributed by atoms with Crippen LogP contribution in [0.2, 0.25) is 0 Å². The Hall–Kier alpha value is -3.33. The fraction of sp³-hybridized carbons (Fsp3) is 0.292. The molecule has 2 amide bonds. The third-order valence-electron chi connectivity index (χ3n) is 4.89. The van der Waals surface area contributed by atoms with Crippen LogP contribution in [0.25, 0.3) is 6.08 Å². The minimum Gasteiger partial charge on any atom is -0.493 e. The molecule has 174 valence electrons.